The number of benzene rings is 1. The van der Waals surface area contributed by atoms with Crippen molar-refractivity contribution in [3.8, 4) is 5.69 Å². The third-order valence-corrected chi connectivity index (χ3v) is 5.36. The van der Waals surface area contributed by atoms with Crippen molar-refractivity contribution in [1.82, 2.24) is 25.2 Å². The maximum atomic E-state index is 12.6. The zero-order chi connectivity index (χ0) is 19.2. The van der Waals surface area contributed by atoms with Crippen molar-refractivity contribution in [3.63, 3.8) is 0 Å². The Labute approximate surface area is 163 Å². The van der Waals surface area contributed by atoms with E-state index < -0.39 is 0 Å². The summed E-state index contributed by atoms with van der Waals surface area (Å²) in [6, 6.07) is 10.2. The number of nitrogens with one attached hydrogen (secondary N) is 1. The number of carbonyl (C=O) groups excluding carboxylic acids is 1. The second-order valence-electron chi connectivity index (χ2n) is 6.39. The molecule has 0 aliphatic carbocycles. The van der Waals surface area contributed by atoms with E-state index in [4.69, 9.17) is 0 Å². The lowest BCUT2D eigenvalue weighted by Crippen LogP contribution is -2.38. The molecule has 1 N–H and O–H groups in total. The lowest BCUT2D eigenvalue weighted by Gasteiger charge is -2.29. The monoisotopic (exact) mass is 383 g/mol. The van der Waals surface area contributed by atoms with Crippen LogP contribution in [0.4, 0.5) is 0 Å². The molecule has 3 rings (SSSR count). The van der Waals surface area contributed by atoms with Crippen molar-refractivity contribution in [1.29, 1.82) is 0 Å². The molecule has 2 aromatic heterocycles. The van der Waals surface area contributed by atoms with Gasteiger partial charge in [0.25, 0.3) is 5.91 Å². The maximum absolute atomic E-state index is 12.6. The highest BCUT2D eigenvalue weighted by Crippen LogP contribution is 2.22. The van der Waals surface area contributed by atoms with Crippen LogP contribution in [0.1, 0.15) is 41.5 Å². The molecule has 27 heavy (non-hydrogen) atoms. The van der Waals surface area contributed by atoms with Gasteiger partial charge in [-0.25, -0.2) is 4.68 Å². The molecule has 0 aliphatic rings. The van der Waals surface area contributed by atoms with Crippen LogP contribution in [0.2, 0.25) is 0 Å². The SMILES string of the molecule is CCN(CC)C(CNC(=O)c1cn(-c2ccc(C)cc2)nn1)c1ccsc1. The van der Waals surface area contributed by atoms with Crippen LogP contribution in [0, 0.1) is 6.92 Å². The summed E-state index contributed by atoms with van der Waals surface area (Å²) >= 11 is 1.67. The molecule has 142 valence electrons. The van der Waals surface area contributed by atoms with Crippen LogP contribution in [-0.4, -0.2) is 45.4 Å². The zero-order valence-electron chi connectivity index (χ0n) is 15.9. The number of aromatic nitrogens is 3. The average molecular weight is 384 g/mol. The highest BCUT2D eigenvalue weighted by molar-refractivity contribution is 7.07. The van der Waals surface area contributed by atoms with E-state index in [9.17, 15) is 4.79 Å². The third kappa shape index (κ3) is 4.61. The van der Waals surface area contributed by atoms with Crippen molar-refractivity contribution in [2.45, 2.75) is 26.8 Å². The number of thiophene rings is 1. The van der Waals surface area contributed by atoms with Crippen molar-refractivity contribution in [2.75, 3.05) is 19.6 Å². The minimum absolute atomic E-state index is 0.155. The number of aryl methyl sites for hydroxylation is 1. The molecular formula is C20H25N5OS. The molecule has 0 saturated carbocycles. The van der Waals surface area contributed by atoms with Gasteiger partial charge in [0, 0.05) is 6.54 Å². The summed E-state index contributed by atoms with van der Waals surface area (Å²) in [4.78, 5) is 14.9. The van der Waals surface area contributed by atoms with Crippen LogP contribution in [0.5, 0.6) is 0 Å². The smallest absolute Gasteiger partial charge is 0.273 e. The minimum atomic E-state index is -0.208. The Kier molecular flexibility index (Phi) is 6.36. The van der Waals surface area contributed by atoms with E-state index in [2.05, 4.69) is 51.2 Å². The molecular weight excluding hydrogens is 358 g/mol. The molecule has 0 aliphatic heterocycles. The fraction of sp³-hybridized carbons (Fsp3) is 0.350. The summed E-state index contributed by atoms with van der Waals surface area (Å²) in [6.45, 7) is 8.70. The van der Waals surface area contributed by atoms with Crippen LogP contribution in [0.25, 0.3) is 5.69 Å². The number of likely N-dealkylation sites (N-methyl/N-ethyl adjacent to an activating group) is 1. The van der Waals surface area contributed by atoms with E-state index in [-0.39, 0.29) is 11.9 Å². The average Bonchev–Trinajstić information content (AvgIpc) is 3.37. The quantitative estimate of drug-likeness (QED) is 0.647. The van der Waals surface area contributed by atoms with Gasteiger partial charge in [0.1, 0.15) is 0 Å². The van der Waals surface area contributed by atoms with E-state index in [1.54, 1.807) is 22.2 Å². The predicted molar refractivity (Wildman–Crippen MR) is 108 cm³/mol. The largest absolute Gasteiger partial charge is 0.349 e. The first-order valence-electron chi connectivity index (χ1n) is 9.16. The Morgan fingerprint density at radius 1 is 1.22 bits per heavy atom. The van der Waals surface area contributed by atoms with Crippen molar-refractivity contribution in [2.24, 2.45) is 0 Å². The van der Waals surface area contributed by atoms with Crippen molar-refractivity contribution in [3.05, 3.63) is 64.1 Å². The Bertz CT molecular complexity index is 853. The van der Waals surface area contributed by atoms with Gasteiger partial charge in [-0.2, -0.15) is 11.3 Å². The van der Waals surface area contributed by atoms with Gasteiger partial charge in [0.2, 0.25) is 0 Å². The van der Waals surface area contributed by atoms with Crippen molar-refractivity contribution < 1.29 is 4.79 Å². The van der Waals surface area contributed by atoms with Gasteiger partial charge in [0.05, 0.1) is 17.9 Å². The molecule has 1 unspecified atom stereocenters. The normalized spacial score (nSPS) is 12.3. The Morgan fingerprint density at radius 3 is 2.59 bits per heavy atom. The highest BCUT2D eigenvalue weighted by atomic mass is 32.1. The van der Waals surface area contributed by atoms with Gasteiger partial charge in [-0.05, 0) is 54.5 Å². The predicted octanol–water partition coefficient (Wildman–Crippen LogP) is 3.45. The summed E-state index contributed by atoms with van der Waals surface area (Å²) in [5, 5.41) is 15.3. The number of amides is 1. The second kappa shape index (κ2) is 8.92. The number of nitrogens with zero attached hydrogens (tertiary/aromatic N) is 4. The van der Waals surface area contributed by atoms with Crippen molar-refractivity contribution >= 4 is 17.2 Å². The molecule has 2 heterocycles. The number of hydrogen-bond donors (Lipinski definition) is 1. The van der Waals surface area contributed by atoms with Crippen LogP contribution in [0.3, 0.4) is 0 Å². The van der Waals surface area contributed by atoms with E-state index in [1.807, 2.05) is 31.2 Å². The minimum Gasteiger partial charge on any atom is -0.349 e. The lowest BCUT2D eigenvalue weighted by atomic mass is 10.1. The second-order valence-corrected chi connectivity index (χ2v) is 7.17. The van der Waals surface area contributed by atoms with Gasteiger partial charge >= 0.3 is 0 Å². The zero-order valence-corrected chi connectivity index (χ0v) is 16.7. The molecule has 7 heteroatoms. The standard InChI is InChI=1S/C20H25N5OS/c1-4-24(5-2)19(16-10-11-27-14-16)12-21-20(26)18-13-25(23-22-18)17-8-6-15(3)7-9-17/h6-11,13-14,19H,4-5,12H2,1-3H3,(H,21,26). The lowest BCUT2D eigenvalue weighted by molar-refractivity contribution is 0.0930. The first-order chi connectivity index (χ1) is 13.1. The first kappa shape index (κ1) is 19.3. The molecule has 6 nitrogen and oxygen atoms in total. The summed E-state index contributed by atoms with van der Waals surface area (Å²) in [6.07, 6.45) is 1.66. The molecule has 1 atom stereocenters. The van der Waals surface area contributed by atoms with Gasteiger partial charge in [-0.3, -0.25) is 9.69 Å². The van der Waals surface area contributed by atoms with Gasteiger partial charge in [0.15, 0.2) is 5.69 Å². The summed E-state index contributed by atoms with van der Waals surface area (Å²) < 4.78 is 1.62. The molecule has 0 radical (unpaired) electrons. The fourth-order valence-electron chi connectivity index (χ4n) is 3.06. The summed E-state index contributed by atoms with van der Waals surface area (Å²) in [7, 11) is 0. The van der Waals surface area contributed by atoms with E-state index in [0.29, 0.717) is 12.2 Å². The number of carbonyl (C=O) groups is 1. The molecule has 0 spiro atoms. The van der Waals surface area contributed by atoms with Gasteiger partial charge in [-0.1, -0.05) is 36.8 Å². The number of rotatable bonds is 8. The summed E-state index contributed by atoms with van der Waals surface area (Å²) in [5.41, 5.74) is 3.60. The maximum Gasteiger partial charge on any atom is 0.273 e. The topological polar surface area (TPSA) is 63.1 Å². The Hall–Kier alpha value is -2.51. The van der Waals surface area contributed by atoms with E-state index >= 15 is 0 Å². The molecule has 0 fully saturated rings. The van der Waals surface area contributed by atoms with Crippen LogP contribution in [0.15, 0.2) is 47.3 Å². The summed E-state index contributed by atoms with van der Waals surface area (Å²) in [5.74, 6) is -0.208. The highest BCUT2D eigenvalue weighted by Gasteiger charge is 2.20. The molecule has 3 aromatic rings. The first-order valence-corrected chi connectivity index (χ1v) is 10.1. The molecule has 1 aromatic carbocycles. The van der Waals surface area contributed by atoms with Crippen LogP contribution < -0.4 is 5.32 Å². The third-order valence-electron chi connectivity index (χ3n) is 4.66. The van der Waals surface area contributed by atoms with Gasteiger partial charge in [-0.15, -0.1) is 5.10 Å². The molecule has 1 amide bonds. The number of hydrogen-bond acceptors (Lipinski definition) is 5. The Balaban J connectivity index is 1.68. The van der Waals surface area contributed by atoms with Crippen LogP contribution >= 0.6 is 11.3 Å². The van der Waals surface area contributed by atoms with Crippen LogP contribution in [-0.2, 0) is 0 Å². The Morgan fingerprint density at radius 2 is 1.96 bits per heavy atom. The fourth-order valence-corrected chi connectivity index (χ4v) is 3.77. The van der Waals surface area contributed by atoms with E-state index in [1.165, 1.54) is 11.1 Å². The van der Waals surface area contributed by atoms with E-state index in [0.717, 1.165) is 18.8 Å². The van der Waals surface area contributed by atoms with Gasteiger partial charge < -0.3 is 5.32 Å². The molecule has 0 saturated heterocycles. The molecule has 0 bridgehead atoms.